The number of nitrogens with two attached hydrogens (primary N) is 1. The molecule has 5 N–H and O–H groups in total. The molecular formula is C34H48N4O4. The zero-order chi connectivity index (χ0) is 31.2. The van der Waals surface area contributed by atoms with E-state index in [9.17, 15) is 19.2 Å². The summed E-state index contributed by atoms with van der Waals surface area (Å²) in [7, 11) is 0. The van der Waals surface area contributed by atoms with Crippen LogP contribution in [0.4, 0.5) is 0 Å². The lowest BCUT2D eigenvalue weighted by atomic mass is 9.96. The molecule has 0 radical (unpaired) electrons. The van der Waals surface area contributed by atoms with Crippen LogP contribution in [0.3, 0.4) is 0 Å². The summed E-state index contributed by atoms with van der Waals surface area (Å²) < 4.78 is 0. The molecule has 0 aliphatic carbocycles. The van der Waals surface area contributed by atoms with E-state index < -0.39 is 41.9 Å². The van der Waals surface area contributed by atoms with Crippen molar-refractivity contribution in [2.24, 2.45) is 17.6 Å². The van der Waals surface area contributed by atoms with Crippen molar-refractivity contribution in [1.29, 1.82) is 0 Å². The number of carbonyl (C=O) groups is 4. The molecular weight excluding hydrogens is 528 g/mol. The number of carbonyl (C=O) groups excluding carboxylic acids is 4. The Hall–Kier alpha value is -3.78. The fourth-order valence-electron chi connectivity index (χ4n) is 4.68. The largest absolute Gasteiger partial charge is 0.344 e. The average molecular weight is 577 g/mol. The van der Waals surface area contributed by atoms with Crippen molar-refractivity contribution in [3.63, 3.8) is 0 Å². The van der Waals surface area contributed by atoms with Crippen molar-refractivity contribution in [2.45, 2.75) is 90.9 Å². The summed E-state index contributed by atoms with van der Waals surface area (Å²) in [6.07, 6.45) is 2.09. The van der Waals surface area contributed by atoms with Gasteiger partial charge in [-0.25, -0.2) is 0 Å². The Bertz CT molecular complexity index is 1180. The molecule has 0 aliphatic rings. The van der Waals surface area contributed by atoms with Gasteiger partial charge in [0.05, 0.1) is 12.1 Å². The number of amides is 3. The molecule has 0 fully saturated rings. The second kappa shape index (κ2) is 17.2. The van der Waals surface area contributed by atoms with Crippen LogP contribution in [0.2, 0.25) is 0 Å². The van der Waals surface area contributed by atoms with Gasteiger partial charge in [0.1, 0.15) is 12.1 Å². The Balaban J connectivity index is 2.20. The van der Waals surface area contributed by atoms with Gasteiger partial charge in [-0.3, -0.25) is 19.2 Å². The zero-order valence-corrected chi connectivity index (χ0v) is 25.7. The van der Waals surface area contributed by atoms with Crippen LogP contribution in [-0.4, -0.2) is 47.7 Å². The Labute approximate surface area is 250 Å². The van der Waals surface area contributed by atoms with E-state index in [4.69, 9.17) is 5.73 Å². The monoisotopic (exact) mass is 576 g/mol. The van der Waals surface area contributed by atoms with Crippen molar-refractivity contribution >= 4 is 23.5 Å². The molecule has 8 heteroatoms. The Morgan fingerprint density at radius 1 is 0.690 bits per heavy atom. The van der Waals surface area contributed by atoms with Crippen molar-refractivity contribution in [2.75, 3.05) is 0 Å². The maximum Gasteiger partial charge on any atom is 0.243 e. The molecule has 3 amide bonds. The minimum atomic E-state index is -0.967. The number of hydrogen-bond donors (Lipinski definition) is 4. The van der Waals surface area contributed by atoms with E-state index in [0.717, 1.165) is 11.1 Å². The highest BCUT2D eigenvalue weighted by Crippen LogP contribution is 2.12. The van der Waals surface area contributed by atoms with Crippen LogP contribution in [0.25, 0.3) is 0 Å². The fraction of sp³-hybridized carbons (Fsp3) is 0.471. The molecule has 0 heterocycles. The van der Waals surface area contributed by atoms with Gasteiger partial charge in [-0.05, 0) is 61.1 Å². The third-order valence-electron chi connectivity index (χ3n) is 6.94. The molecule has 2 aromatic carbocycles. The quantitative estimate of drug-likeness (QED) is 0.212. The summed E-state index contributed by atoms with van der Waals surface area (Å²) in [5, 5.41) is 8.53. The summed E-state index contributed by atoms with van der Waals surface area (Å²) in [4.78, 5) is 53.0. The highest BCUT2D eigenvalue weighted by atomic mass is 16.2. The number of Topliss-reactive ketones (excluding diaryl/α,β-unsaturated/α-hetero) is 1. The van der Waals surface area contributed by atoms with Gasteiger partial charge >= 0.3 is 0 Å². The van der Waals surface area contributed by atoms with Gasteiger partial charge in [0.25, 0.3) is 0 Å². The summed E-state index contributed by atoms with van der Waals surface area (Å²) in [5.74, 6) is -1.36. The average Bonchev–Trinajstić information content (AvgIpc) is 2.94. The number of ketones is 1. The Morgan fingerprint density at radius 3 is 1.67 bits per heavy atom. The van der Waals surface area contributed by atoms with Crippen LogP contribution in [0, 0.1) is 11.8 Å². The summed E-state index contributed by atoms with van der Waals surface area (Å²) in [6, 6.07) is 15.7. The molecule has 4 atom stereocenters. The van der Waals surface area contributed by atoms with Crippen molar-refractivity contribution in [1.82, 2.24) is 16.0 Å². The molecule has 0 bridgehead atoms. The first-order valence-electron chi connectivity index (χ1n) is 14.8. The molecule has 2 aromatic rings. The van der Waals surface area contributed by atoms with E-state index in [2.05, 4.69) is 22.5 Å². The molecule has 42 heavy (non-hydrogen) atoms. The molecule has 0 saturated carbocycles. The topological polar surface area (TPSA) is 130 Å². The van der Waals surface area contributed by atoms with Gasteiger partial charge in [0.15, 0.2) is 5.78 Å². The van der Waals surface area contributed by atoms with Gasteiger partial charge in [0.2, 0.25) is 17.7 Å². The third-order valence-corrected chi connectivity index (χ3v) is 6.94. The van der Waals surface area contributed by atoms with Crippen LogP contribution in [-0.2, 0) is 32.0 Å². The predicted molar refractivity (Wildman–Crippen MR) is 167 cm³/mol. The summed E-state index contributed by atoms with van der Waals surface area (Å²) in [5.41, 5.74) is 8.47. The van der Waals surface area contributed by atoms with E-state index in [1.165, 1.54) is 0 Å². The normalized spacial score (nSPS) is 14.0. The Kier molecular flexibility index (Phi) is 14.1. The smallest absolute Gasteiger partial charge is 0.243 e. The molecule has 0 aromatic heterocycles. The van der Waals surface area contributed by atoms with Gasteiger partial charge in [-0.2, -0.15) is 0 Å². The molecule has 0 saturated heterocycles. The number of benzene rings is 2. The first-order valence-corrected chi connectivity index (χ1v) is 14.8. The third kappa shape index (κ3) is 12.0. The molecule has 0 spiro atoms. The first kappa shape index (κ1) is 34.4. The first-order chi connectivity index (χ1) is 19.9. The van der Waals surface area contributed by atoms with Crippen LogP contribution in [0.15, 0.2) is 72.8 Å². The number of rotatable bonds is 17. The highest BCUT2D eigenvalue weighted by molar-refractivity contribution is 6.01. The Morgan fingerprint density at radius 2 is 1.14 bits per heavy atom. The van der Waals surface area contributed by atoms with E-state index >= 15 is 0 Å². The molecule has 228 valence electrons. The van der Waals surface area contributed by atoms with E-state index in [-0.39, 0.29) is 24.0 Å². The van der Waals surface area contributed by atoms with E-state index in [1.807, 2.05) is 88.4 Å². The number of nitrogens with one attached hydrogen (secondary N) is 3. The van der Waals surface area contributed by atoms with Gasteiger partial charge in [0, 0.05) is 6.42 Å². The molecule has 2 rings (SSSR count). The fourth-order valence-corrected chi connectivity index (χ4v) is 4.68. The minimum absolute atomic E-state index is 0.0894. The highest BCUT2D eigenvalue weighted by Gasteiger charge is 2.31. The van der Waals surface area contributed by atoms with Crippen molar-refractivity contribution < 1.29 is 19.2 Å². The van der Waals surface area contributed by atoms with Crippen LogP contribution in [0.1, 0.15) is 65.0 Å². The second-order valence-corrected chi connectivity index (χ2v) is 11.9. The molecule has 8 nitrogen and oxygen atoms in total. The van der Waals surface area contributed by atoms with E-state index in [1.54, 1.807) is 6.92 Å². The standard InChI is InChI=1S/C34H48N4O4/c1-22(2)19-28(31(39)24(5)6)36-34(42)30(21-26-15-11-8-12-16-26)38-33(41)29(20-23(3)4)37-32(40)27(35)18-17-25-13-9-7-10-14-25/h7-16,22-23,27-30H,5,17-21,35H2,1-4,6H3,(H,36,42)(H,37,40)(H,38,41)/t27-,28-,29-,30-/m0/s1. The summed E-state index contributed by atoms with van der Waals surface area (Å²) in [6.45, 7) is 13.2. The van der Waals surface area contributed by atoms with Gasteiger partial charge < -0.3 is 21.7 Å². The minimum Gasteiger partial charge on any atom is -0.344 e. The molecule has 0 aliphatic heterocycles. The zero-order valence-electron chi connectivity index (χ0n) is 25.7. The number of hydrogen-bond acceptors (Lipinski definition) is 5. The van der Waals surface area contributed by atoms with Gasteiger partial charge in [-0.1, -0.05) is 94.9 Å². The van der Waals surface area contributed by atoms with Crippen LogP contribution >= 0.6 is 0 Å². The predicted octanol–water partition coefficient (Wildman–Crippen LogP) is 3.88. The van der Waals surface area contributed by atoms with Crippen LogP contribution in [0.5, 0.6) is 0 Å². The van der Waals surface area contributed by atoms with Crippen molar-refractivity contribution in [3.8, 4) is 0 Å². The van der Waals surface area contributed by atoms with Gasteiger partial charge in [-0.15, -0.1) is 0 Å². The summed E-state index contributed by atoms with van der Waals surface area (Å²) >= 11 is 0. The molecule has 0 unspecified atom stereocenters. The second-order valence-electron chi connectivity index (χ2n) is 11.9. The SMILES string of the molecule is C=C(C)C(=O)[C@H](CC(C)C)NC(=O)[C@H](Cc1ccccc1)NC(=O)[C@H](CC(C)C)NC(=O)[C@@H](N)CCc1ccccc1. The lowest BCUT2D eigenvalue weighted by Gasteiger charge is -2.27. The lowest BCUT2D eigenvalue weighted by molar-refractivity contribution is -0.133. The lowest BCUT2D eigenvalue weighted by Crippen LogP contribution is -2.58. The maximum atomic E-state index is 13.6. The van der Waals surface area contributed by atoms with E-state index in [0.29, 0.717) is 31.3 Å². The van der Waals surface area contributed by atoms with Crippen molar-refractivity contribution in [3.05, 3.63) is 83.9 Å². The number of aryl methyl sites for hydroxylation is 1. The maximum absolute atomic E-state index is 13.6. The van der Waals surface area contributed by atoms with Crippen LogP contribution < -0.4 is 21.7 Å².